The van der Waals surface area contributed by atoms with Crippen LogP contribution in [0.15, 0.2) is 18.6 Å². The van der Waals surface area contributed by atoms with Crippen molar-refractivity contribution in [2.75, 3.05) is 25.0 Å². The highest BCUT2D eigenvalue weighted by Gasteiger charge is 2.44. The lowest BCUT2D eigenvalue weighted by molar-refractivity contribution is -0.138. The molecule has 0 spiro atoms. The first kappa shape index (κ1) is 15.4. The van der Waals surface area contributed by atoms with Gasteiger partial charge in [0, 0.05) is 32.4 Å². The first-order valence-electron chi connectivity index (χ1n) is 8.52. The van der Waals surface area contributed by atoms with Gasteiger partial charge in [-0.1, -0.05) is 0 Å². The van der Waals surface area contributed by atoms with Crippen molar-refractivity contribution in [2.24, 2.45) is 11.8 Å². The topological polar surface area (TPSA) is 85.3 Å². The molecule has 2 N–H and O–H groups in total. The second kappa shape index (κ2) is 5.73. The summed E-state index contributed by atoms with van der Waals surface area (Å²) in [4.78, 5) is 27.9. The van der Waals surface area contributed by atoms with E-state index in [0.29, 0.717) is 17.9 Å². The zero-order valence-electron chi connectivity index (χ0n) is 14.0. The highest BCUT2D eigenvalue weighted by Crippen LogP contribution is 2.41. The number of hydrogen-bond donors (Lipinski definition) is 2. The van der Waals surface area contributed by atoms with Crippen LogP contribution in [0.2, 0.25) is 0 Å². The van der Waals surface area contributed by atoms with Crippen molar-refractivity contribution >= 4 is 22.8 Å². The van der Waals surface area contributed by atoms with Gasteiger partial charge in [-0.05, 0) is 37.7 Å². The summed E-state index contributed by atoms with van der Waals surface area (Å²) in [5.41, 5.74) is 0.860. The second-order valence-electron chi connectivity index (χ2n) is 7.11. The normalized spacial score (nSPS) is 27.5. The summed E-state index contributed by atoms with van der Waals surface area (Å²) >= 11 is 0. The number of anilines is 1. The maximum Gasteiger partial charge on any atom is 0.251 e. The summed E-state index contributed by atoms with van der Waals surface area (Å²) in [6, 6.07) is 2.44. The van der Waals surface area contributed by atoms with Crippen LogP contribution in [0.25, 0.3) is 11.0 Å². The van der Waals surface area contributed by atoms with Crippen LogP contribution in [0.3, 0.4) is 0 Å². The second-order valence-corrected chi connectivity index (χ2v) is 7.11. The molecule has 2 aromatic rings. The molecular formula is C17H23N5O2. The van der Waals surface area contributed by atoms with E-state index in [0.717, 1.165) is 42.8 Å². The molecule has 0 radical (unpaired) electrons. The number of rotatable bonds is 3. The first-order chi connectivity index (χ1) is 11.5. The van der Waals surface area contributed by atoms with Gasteiger partial charge in [0.05, 0.1) is 5.39 Å². The van der Waals surface area contributed by atoms with Crippen LogP contribution in [-0.4, -0.2) is 63.1 Å². The lowest BCUT2D eigenvalue weighted by atomic mass is 10.0. The van der Waals surface area contributed by atoms with E-state index in [9.17, 15) is 9.90 Å². The number of aromatic amines is 1. The van der Waals surface area contributed by atoms with Crippen LogP contribution in [0.1, 0.15) is 19.8 Å². The van der Waals surface area contributed by atoms with Crippen molar-refractivity contribution in [3.05, 3.63) is 18.6 Å². The molecule has 4 atom stereocenters. The van der Waals surface area contributed by atoms with Crippen molar-refractivity contribution in [3.8, 4) is 0 Å². The van der Waals surface area contributed by atoms with E-state index in [4.69, 9.17) is 0 Å². The highest BCUT2D eigenvalue weighted by atomic mass is 16.3. The van der Waals surface area contributed by atoms with Gasteiger partial charge in [0.2, 0.25) is 0 Å². The Morgan fingerprint density at radius 3 is 2.75 bits per heavy atom. The summed E-state index contributed by atoms with van der Waals surface area (Å²) in [6.07, 6.45) is 4.70. The lowest BCUT2D eigenvalue weighted by Crippen LogP contribution is -2.38. The Morgan fingerprint density at radius 1 is 1.38 bits per heavy atom. The molecule has 4 rings (SSSR count). The number of carbonyl (C=O) groups is 1. The molecule has 2 fully saturated rings. The number of likely N-dealkylation sites (tertiary alicyclic amines) is 1. The number of aromatic nitrogens is 3. The predicted octanol–water partition coefficient (Wildman–Crippen LogP) is 1.01. The number of aliphatic hydroxyl groups excluding tert-OH is 1. The molecule has 24 heavy (non-hydrogen) atoms. The van der Waals surface area contributed by atoms with Gasteiger partial charge in [-0.25, -0.2) is 9.97 Å². The van der Waals surface area contributed by atoms with Gasteiger partial charge in [0.1, 0.15) is 23.9 Å². The SMILES string of the molecule is C[C@@H](O)C(=O)N1C[C@H]2CC(N(C)c3ncnc4[nH]ccc34)C[C@H]2C1. The molecule has 7 nitrogen and oxygen atoms in total. The largest absolute Gasteiger partial charge is 0.384 e. The Balaban J connectivity index is 1.47. The fourth-order valence-electron chi connectivity index (χ4n) is 4.34. The number of hydrogen-bond acceptors (Lipinski definition) is 5. The van der Waals surface area contributed by atoms with Crippen LogP contribution >= 0.6 is 0 Å². The minimum atomic E-state index is -0.898. The molecule has 1 saturated heterocycles. The van der Waals surface area contributed by atoms with Crippen LogP contribution in [0.4, 0.5) is 5.82 Å². The van der Waals surface area contributed by atoms with E-state index >= 15 is 0 Å². The van der Waals surface area contributed by atoms with E-state index in [-0.39, 0.29) is 5.91 Å². The number of fused-ring (bicyclic) bond motifs is 2. The van der Waals surface area contributed by atoms with Crippen LogP contribution in [0.5, 0.6) is 0 Å². The number of nitrogens with zero attached hydrogens (tertiary/aromatic N) is 4. The zero-order chi connectivity index (χ0) is 16.8. The fourth-order valence-corrected chi connectivity index (χ4v) is 4.34. The number of nitrogens with one attached hydrogen (secondary N) is 1. The molecule has 1 aliphatic heterocycles. The number of amides is 1. The summed E-state index contributed by atoms with van der Waals surface area (Å²) < 4.78 is 0. The Morgan fingerprint density at radius 2 is 2.08 bits per heavy atom. The molecule has 2 aromatic heterocycles. The maximum atomic E-state index is 12.0. The molecule has 1 unspecified atom stereocenters. The Labute approximate surface area is 140 Å². The molecule has 0 aromatic carbocycles. The Kier molecular flexibility index (Phi) is 3.68. The van der Waals surface area contributed by atoms with Crippen molar-refractivity contribution in [1.82, 2.24) is 19.9 Å². The fraction of sp³-hybridized carbons (Fsp3) is 0.588. The van der Waals surface area contributed by atoms with Crippen molar-refractivity contribution < 1.29 is 9.90 Å². The smallest absolute Gasteiger partial charge is 0.251 e. The maximum absolute atomic E-state index is 12.0. The van der Waals surface area contributed by atoms with Crippen LogP contribution in [0, 0.1) is 11.8 Å². The third-order valence-corrected chi connectivity index (χ3v) is 5.61. The standard InChI is InChI=1S/C17H23N5O2/c1-10(23)17(24)22-7-11-5-13(6-12(11)8-22)21(2)16-14-3-4-18-15(14)19-9-20-16/h3-4,9-13,23H,5-8H2,1-2H3,(H,18,19,20)/t10-,11-,12+,13?/m1/s1. The molecule has 3 heterocycles. The van der Waals surface area contributed by atoms with Crippen LogP contribution < -0.4 is 4.90 Å². The highest BCUT2D eigenvalue weighted by molar-refractivity contribution is 5.87. The number of carbonyl (C=O) groups excluding carboxylic acids is 1. The minimum absolute atomic E-state index is 0.140. The average Bonchev–Trinajstić information content (AvgIpc) is 3.26. The zero-order valence-corrected chi connectivity index (χ0v) is 14.0. The van der Waals surface area contributed by atoms with Gasteiger partial charge in [0.15, 0.2) is 0 Å². The van der Waals surface area contributed by atoms with Crippen molar-refractivity contribution in [1.29, 1.82) is 0 Å². The Hall–Kier alpha value is -2.15. The molecule has 1 aliphatic carbocycles. The van der Waals surface area contributed by atoms with Gasteiger partial charge in [0.25, 0.3) is 5.91 Å². The summed E-state index contributed by atoms with van der Waals surface area (Å²) in [7, 11) is 2.10. The first-order valence-corrected chi connectivity index (χ1v) is 8.52. The summed E-state index contributed by atoms with van der Waals surface area (Å²) in [5.74, 6) is 1.86. The summed E-state index contributed by atoms with van der Waals surface area (Å²) in [5, 5.41) is 10.5. The van der Waals surface area contributed by atoms with E-state index in [1.165, 1.54) is 0 Å². The van der Waals surface area contributed by atoms with Crippen LogP contribution in [-0.2, 0) is 4.79 Å². The number of H-pyrrole nitrogens is 1. The van der Waals surface area contributed by atoms with Gasteiger partial charge in [-0.15, -0.1) is 0 Å². The van der Waals surface area contributed by atoms with E-state index < -0.39 is 6.10 Å². The summed E-state index contributed by atoms with van der Waals surface area (Å²) in [6.45, 7) is 3.08. The quantitative estimate of drug-likeness (QED) is 0.878. The molecule has 7 heteroatoms. The predicted molar refractivity (Wildman–Crippen MR) is 90.6 cm³/mol. The third-order valence-electron chi connectivity index (χ3n) is 5.61. The van der Waals surface area contributed by atoms with Crippen molar-refractivity contribution in [2.45, 2.75) is 31.9 Å². The van der Waals surface area contributed by atoms with Gasteiger partial charge >= 0.3 is 0 Å². The molecule has 1 amide bonds. The minimum Gasteiger partial charge on any atom is -0.384 e. The van der Waals surface area contributed by atoms with Gasteiger partial charge in [-0.2, -0.15) is 0 Å². The van der Waals surface area contributed by atoms with Gasteiger partial charge < -0.3 is 19.9 Å². The molecule has 2 aliphatic rings. The monoisotopic (exact) mass is 329 g/mol. The third kappa shape index (κ3) is 2.43. The van der Waals surface area contributed by atoms with E-state index in [1.54, 1.807) is 13.3 Å². The van der Waals surface area contributed by atoms with Crippen molar-refractivity contribution in [3.63, 3.8) is 0 Å². The molecule has 0 bridgehead atoms. The molecule has 1 saturated carbocycles. The van der Waals surface area contributed by atoms with E-state index in [1.807, 2.05) is 17.2 Å². The average molecular weight is 329 g/mol. The number of aliphatic hydroxyl groups is 1. The Bertz CT molecular complexity index is 744. The lowest BCUT2D eigenvalue weighted by Gasteiger charge is -2.28. The molecular weight excluding hydrogens is 306 g/mol. The van der Waals surface area contributed by atoms with E-state index in [2.05, 4.69) is 26.9 Å². The molecule has 128 valence electrons. The van der Waals surface area contributed by atoms with Gasteiger partial charge in [-0.3, -0.25) is 4.79 Å².